The minimum Gasteiger partial charge on any atom is -0.512 e. The molecule has 3 rings (SSSR count). The van der Waals surface area contributed by atoms with Crippen LogP contribution in [0.1, 0.15) is 39.1 Å². The minimum atomic E-state index is -1.16. The number of aliphatic hydroxyl groups is 1. The van der Waals surface area contributed by atoms with Gasteiger partial charge in [-0.15, -0.1) is 4.91 Å². The lowest BCUT2D eigenvalue weighted by Gasteiger charge is -2.24. The molecule has 0 saturated carbocycles. The van der Waals surface area contributed by atoms with E-state index < -0.39 is 61.0 Å². The molecule has 0 aliphatic heterocycles. The second-order valence-corrected chi connectivity index (χ2v) is 5.72. The van der Waals surface area contributed by atoms with Crippen molar-refractivity contribution in [1.29, 1.82) is 0 Å². The fourth-order valence-corrected chi connectivity index (χ4v) is 3.25. The predicted octanol–water partition coefficient (Wildman–Crippen LogP) is 2.82. The van der Waals surface area contributed by atoms with Crippen molar-refractivity contribution in [2.75, 3.05) is 0 Å². The summed E-state index contributed by atoms with van der Waals surface area (Å²) in [7, 11) is 0. The lowest BCUT2D eigenvalue weighted by molar-refractivity contribution is -0.428. The van der Waals surface area contributed by atoms with Crippen LogP contribution in [0.15, 0.2) is 33.8 Å². The van der Waals surface area contributed by atoms with Crippen LogP contribution < -0.4 is 0 Å². The summed E-state index contributed by atoms with van der Waals surface area (Å²) in [6.45, 7) is 1.34. The largest absolute Gasteiger partial charge is 0.512 e. The molecule has 1 aromatic carbocycles. The average molecular weight is 359 g/mol. The molecule has 0 spiro atoms. The van der Waals surface area contributed by atoms with E-state index in [4.69, 9.17) is 0 Å². The molecule has 0 heterocycles. The number of allylic oxidation sites excluding steroid dienone is 4. The van der Waals surface area contributed by atoms with Crippen LogP contribution in [0.2, 0.25) is 0 Å². The molecule has 0 fully saturated rings. The Hall–Kier alpha value is -3.76. The number of nitro benzene ring substituents is 1. The Morgan fingerprint density at radius 3 is 2.19 bits per heavy atom. The summed E-state index contributed by atoms with van der Waals surface area (Å²) < 4.78 is 0. The Bertz CT molecular complexity index is 1020. The first-order valence-electron chi connectivity index (χ1n) is 7.25. The highest BCUT2D eigenvalue weighted by molar-refractivity contribution is 6.33. The van der Waals surface area contributed by atoms with Gasteiger partial charge in [0.1, 0.15) is 16.9 Å². The Kier molecular flexibility index (Phi) is 3.71. The van der Waals surface area contributed by atoms with Gasteiger partial charge in [0.15, 0.2) is 11.5 Å². The number of nitrogens with zero attached hydrogens (tertiary/aromatic N) is 3. The normalized spacial score (nSPS) is 16.3. The molecule has 2 aliphatic carbocycles. The van der Waals surface area contributed by atoms with Crippen LogP contribution in [0, 0.1) is 32.1 Å². The Labute approximate surface area is 143 Å². The summed E-state index contributed by atoms with van der Waals surface area (Å²) in [6, 6.07) is 0.985. The van der Waals surface area contributed by atoms with Gasteiger partial charge in [-0.05, 0) is 23.7 Å². The molecular weight excluding hydrogens is 350 g/mol. The minimum absolute atomic E-state index is 0.0612. The van der Waals surface area contributed by atoms with Crippen LogP contribution in [-0.4, -0.2) is 26.5 Å². The number of aryl methyl sites for hydroxylation is 1. The van der Waals surface area contributed by atoms with Crippen LogP contribution >= 0.6 is 0 Å². The number of carbonyl (C=O) groups is 2. The molecule has 1 aromatic rings. The van der Waals surface area contributed by atoms with E-state index in [1.54, 1.807) is 0 Å². The van der Waals surface area contributed by atoms with Gasteiger partial charge in [-0.3, -0.25) is 29.8 Å². The maximum Gasteiger partial charge on any atom is 0.310 e. The standard InChI is InChI=1S/C15H9N3O8/c1-5-4-6(16-22)13(18(25)26)12-9(5)14(20)11-8(19)3-2-7(17(23)24)10(11)15(12)21/h4,19H,2-3H2,1H3. The molecule has 0 atom stereocenters. The average Bonchev–Trinajstić information content (AvgIpc) is 2.57. The van der Waals surface area contributed by atoms with E-state index in [1.165, 1.54) is 6.92 Å². The lowest BCUT2D eigenvalue weighted by atomic mass is 9.75. The van der Waals surface area contributed by atoms with Crippen LogP contribution in [-0.2, 0) is 0 Å². The summed E-state index contributed by atoms with van der Waals surface area (Å²) in [6.07, 6.45) is -0.525. The van der Waals surface area contributed by atoms with Gasteiger partial charge in [0.05, 0.1) is 15.4 Å². The van der Waals surface area contributed by atoms with E-state index in [0.717, 1.165) is 6.07 Å². The fourth-order valence-electron chi connectivity index (χ4n) is 3.25. The van der Waals surface area contributed by atoms with Gasteiger partial charge in [0.25, 0.3) is 5.70 Å². The second-order valence-electron chi connectivity index (χ2n) is 5.72. The van der Waals surface area contributed by atoms with E-state index in [2.05, 4.69) is 5.18 Å². The number of aliphatic hydroxyl groups excluding tert-OH is 1. The molecule has 0 bridgehead atoms. The van der Waals surface area contributed by atoms with Gasteiger partial charge >= 0.3 is 5.69 Å². The van der Waals surface area contributed by atoms with Crippen molar-refractivity contribution in [2.45, 2.75) is 19.8 Å². The number of Topliss-reactive ketones (excluding diaryl/α,β-unsaturated/α-hetero) is 2. The van der Waals surface area contributed by atoms with E-state index in [-0.39, 0.29) is 24.0 Å². The number of fused-ring (bicyclic) bond motifs is 2. The van der Waals surface area contributed by atoms with Gasteiger partial charge in [0.2, 0.25) is 5.78 Å². The first kappa shape index (κ1) is 17.1. The molecule has 0 saturated heterocycles. The molecular formula is C15H9N3O8. The highest BCUT2D eigenvalue weighted by atomic mass is 16.6. The van der Waals surface area contributed by atoms with Crippen molar-refractivity contribution in [1.82, 2.24) is 0 Å². The van der Waals surface area contributed by atoms with Crippen LogP contribution in [0.5, 0.6) is 0 Å². The van der Waals surface area contributed by atoms with Gasteiger partial charge in [0, 0.05) is 18.4 Å². The summed E-state index contributed by atoms with van der Waals surface area (Å²) in [5, 5.41) is 35.2. The van der Waals surface area contributed by atoms with E-state index in [0.29, 0.717) is 0 Å². The number of rotatable bonds is 3. The zero-order chi connectivity index (χ0) is 19.3. The topological polar surface area (TPSA) is 170 Å². The van der Waals surface area contributed by atoms with Crippen molar-refractivity contribution >= 4 is 22.9 Å². The third kappa shape index (κ3) is 2.13. The molecule has 26 heavy (non-hydrogen) atoms. The van der Waals surface area contributed by atoms with Gasteiger partial charge in [-0.1, -0.05) is 0 Å². The van der Waals surface area contributed by atoms with Gasteiger partial charge < -0.3 is 5.11 Å². The number of hydrogen-bond donors (Lipinski definition) is 1. The first-order valence-corrected chi connectivity index (χ1v) is 7.25. The molecule has 1 N–H and O–H groups in total. The number of nitroso groups, excluding NO2 is 1. The van der Waals surface area contributed by atoms with Crippen molar-refractivity contribution < 1.29 is 24.5 Å². The monoisotopic (exact) mass is 359 g/mol. The number of ketones is 2. The fraction of sp³-hybridized carbons (Fsp3) is 0.200. The smallest absolute Gasteiger partial charge is 0.310 e. The zero-order valence-corrected chi connectivity index (χ0v) is 13.1. The summed E-state index contributed by atoms with van der Waals surface area (Å²) in [4.78, 5) is 57.4. The molecule has 11 heteroatoms. The predicted molar refractivity (Wildman–Crippen MR) is 84.9 cm³/mol. The maximum absolute atomic E-state index is 12.9. The number of carbonyl (C=O) groups excluding carboxylic acids is 2. The third-order valence-electron chi connectivity index (χ3n) is 4.31. The van der Waals surface area contributed by atoms with Crippen molar-refractivity contribution in [3.63, 3.8) is 0 Å². The molecule has 132 valence electrons. The molecule has 2 aliphatic rings. The van der Waals surface area contributed by atoms with Crippen molar-refractivity contribution in [3.8, 4) is 0 Å². The van der Waals surface area contributed by atoms with Gasteiger partial charge in [-0.2, -0.15) is 0 Å². The molecule has 0 amide bonds. The zero-order valence-electron chi connectivity index (χ0n) is 13.1. The molecule has 11 nitrogen and oxygen atoms in total. The SMILES string of the molecule is Cc1cc(N=O)c([N+](=O)[O-])c2c1C(=O)C1=C(O)CCC([N+](=O)[O-])=C1C2=O. The Morgan fingerprint density at radius 1 is 1.04 bits per heavy atom. The van der Waals surface area contributed by atoms with Crippen LogP contribution in [0.25, 0.3) is 0 Å². The number of hydrogen-bond acceptors (Lipinski definition) is 9. The maximum atomic E-state index is 12.9. The van der Waals surface area contributed by atoms with E-state index in [9.17, 15) is 39.8 Å². The molecule has 0 radical (unpaired) electrons. The molecule has 0 aromatic heterocycles. The Morgan fingerprint density at radius 2 is 1.65 bits per heavy atom. The lowest BCUT2D eigenvalue weighted by Crippen LogP contribution is -2.30. The quantitative estimate of drug-likeness (QED) is 0.487. The highest BCUT2D eigenvalue weighted by Gasteiger charge is 2.47. The summed E-state index contributed by atoms with van der Waals surface area (Å²) >= 11 is 0. The number of nitro groups is 2. The van der Waals surface area contributed by atoms with Crippen molar-refractivity contribution in [3.05, 3.63) is 70.5 Å². The van der Waals surface area contributed by atoms with Crippen LogP contribution in [0.4, 0.5) is 11.4 Å². The van der Waals surface area contributed by atoms with E-state index >= 15 is 0 Å². The highest BCUT2D eigenvalue weighted by Crippen LogP contribution is 2.45. The summed E-state index contributed by atoms with van der Waals surface area (Å²) in [5.74, 6) is -2.59. The van der Waals surface area contributed by atoms with Gasteiger partial charge in [-0.25, -0.2) is 0 Å². The second kappa shape index (κ2) is 5.65. The van der Waals surface area contributed by atoms with Crippen LogP contribution in [0.3, 0.4) is 0 Å². The summed E-state index contributed by atoms with van der Waals surface area (Å²) in [5.41, 5.74) is -4.50. The Balaban J connectivity index is 2.52. The number of benzene rings is 1. The van der Waals surface area contributed by atoms with E-state index in [1.807, 2.05) is 0 Å². The third-order valence-corrected chi connectivity index (χ3v) is 4.31. The van der Waals surface area contributed by atoms with Crippen molar-refractivity contribution in [2.24, 2.45) is 5.18 Å². The first-order chi connectivity index (χ1) is 12.2. The molecule has 0 unspecified atom stereocenters.